The monoisotopic (exact) mass is 389 g/mol. The molecule has 1 heterocycles. The van der Waals surface area contributed by atoms with Gasteiger partial charge >= 0.3 is 0 Å². The molecule has 2 nitrogen and oxygen atoms in total. The molecule has 0 fully saturated rings. The van der Waals surface area contributed by atoms with E-state index in [1.165, 1.54) is 11.1 Å². The van der Waals surface area contributed by atoms with Gasteiger partial charge in [0.1, 0.15) is 0 Å². The zero-order chi connectivity index (χ0) is 14.7. The highest BCUT2D eigenvalue weighted by Gasteiger charge is 2.20. The van der Waals surface area contributed by atoms with Gasteiger partial charge in [0.2, 0.25) is 0 Å². The summed E-state index contributed by atoms with van der Waals surface area (Å²) < 4.78 is 1.01. The van der Waals surface area contributed by atoms with Gasteiger partial charge in [0, 0.05) is 16.7 Å². The summed E-state index contributed by atoms with van der Waals surface area (Å²) >= 11 is 2.22. The molecule has 0 N–H and O–H groups in total. The molecule has 1 aliphatic heterocycles. The molecule has 1 amide bonds. The molecule has 2 aromatic rings. The molecule has 1 aliphatic rings. The summed E-state index contributed by atoms with van der Waals surface area (Å²) in [5.41, 5.74) is 3.40. The summed E-state index contributed by atoms with van der Waals surface area (Å²) in [5.74, 6) is 0.128. The number of benzene rings is 2. The summed E-state index contributed by atoms with van der Waals surface area (Å²) in [6, 6.07) is 18.2. The predicted octanol–water partition coefficient (Wildman–Crippen LogP) is 4.22. The van der Waals surface area contributed by atoms with E-state index in [9.17, 15) is 4.79 Å². The molecule has 0 unspecified atom stereocenters. The Bertz CT molecular complexity index is 679. The van der Waals surface area contributed by atoms with Gasteiger partial charge in [-0.05, 0) is 52.3 Å². The highest BCUT2D eigenvalue weighted by molar-refractivity contribution is 14.1. The zero-order valence-electron chi connectivity index (χ0n) is 11.6. The molecule has 0 bridgehead atoms. The summed E-state index contributed by atoms with van der Waals surface area (Å²) in [6.07, 6.45) is 3.09. The Morgan fingerprint density at radius 3 is 2.38 bits per heavy atom. The van der Waals surface area contributed by atoms with E-state index in [0.29, 0.717) is 6.54 Å². The van der Waals surface area contributed by atoms with Crippen LogP contribution in [0.25, 0.3) is 5.57 Å². The number of nitrogens with zero attached hydrogens (tertiary/aromatic N) is 1. The molecule has 21 heavy (non-hydrogen) atoms. The Morgan fingerprint density at radius 2 is 1.71 bits per heavy atom. The molecule has 0 aromatic heterocycles. The van der Waals surface area contributed by atoms with Crippen LogP contribution in [0, 0.1) is 3.57 Å². The molecular weight excluding hydrogens is 373 g/mol. The molecule has 0 radical (unpaired) electrons. The number of hydrogen-bond donors (Lipinski definition) is 0. The van der Waals surface area contributed by atoms with Crippen LogP contribution in [-0.2, 0) is 0 Å². The van der Waals surface area contributed by atoms with Crippen molar-refractivity contribution in [3.63, 3.8) is 0 Å². The molecule has 106 valence electrons. The van der Waals surface area contributed by atoms with E-state index >= 15 is 0 Å². The van der Waals surface area contributed by atoms with Crippen molar-refractivity contribution in [3.8, 4) is 0 Å². The maximum Gasteiger partial charge on any atom is 0.255 e. The molecule has 0 atom stereocenters. The van der Waals surface area contributed by atoms with E-state index in [-0.39, 0.29) is 5.91 Å². The van der Waals surface area contributed by atoms with E-state index in [1.54, 1.807) is 0 Å². The summed E-state index contributed by atoms with van der Waals surface area (Å²) in [4.78, 5) is 14.5. The number of carbonyl (C=O) groups is 1. The van der Waals surface area contributed by atoms with Crippen LogP contribution in [0.2, 0.25) is 0 Å². The van der Waals surface area contributed by atoms with Gasteiger partial charge in [0.15, 0.2) is 0 Å². The van der Waals surface area contributed by atoms with Crippen molar-refractivity contribution in [3.05, 3.63) is 75.4 Å². The lowest BCUT2D eigenvalue weighted by molar-refractivity contribution is 0.0772. The van der Waals surface area contributed by atoms with Gasteiger partial charge in [-0.2, -0.15) is 0 Å². The van der Waals surface area contributed by atoms with Gasteiger partial charge in [-0.3, -0.25) is 4.79 Å². The van der Waals surface area contributed by atoms with Crippen LogP contribution in [0.4, 0.5) is 0 Å². The quantitative estimate of drug-likeness (QED) is 0.705. The average Bonchev–Trinajstić information content (AvgIpc) is 2.56. The first-order valence-electron chi connectivity index (χ1n) is 7.04. The Hall–Kier alpha value is -1.62. The highest BCUT2D eigenvalue weighted by Crippen LogP contribution is 2.23. The van der Waals surface area contributed by atoms with E-state index in [1.807, 2.05) is 35.2 Å². The molecule has 3 rings (SSSR count). The SMILES string of the molecule is O=C(c1ccccc1I)N1CC=C(c2ccccc2)CC1. The highest BCUT2D eigenvalue weighted by atomic mass is 127. The van der Waals surface area contributed by atoms with Crippen molar-refractivity contribution < 1.29 is 4.79 Å². The van der Waals surface area contributed by atoms with E-state index < -0.39 is 0 Å². The van der Waals surface area contributed by atoms with Crippen LogP contribution < -0.4 is 0 Å². The second-order valence-corrected chi connectivity index (χ2v) is 6.24. The van der Waals surface area contributed by atoms with Crippen LogP contribution in [0.5, 0.6) is 0 Å². The van der Waals surface area contributed by atoms with E-state index in [4.69, 9.17) is 0 Å². The number of halogens is 1. The van der Waals surface area contributed by atoms with E-state index in [2.05, 4.69) is 52.9 Å². The minimum Gasteiger partial charge on any atom is -0.335 e. The third-order valence-corrected chi connectivity index (χ3v) is 4.69. The summed E-state index contributed by atoms with van der Waals surface area (Å²) in [5, 5.41) is 0. The molecule has 0 saturated carbocycles. The van der Waals surface area contributed by atoms with Crippen molar-refractivity contribution in [1.82, 2.24) is 4.90 Å². The zero-order valence-corrected chi connectivity index (χ0v) is 13.8. The molecule has 0 saturated heterocycles. The molecule has 3 heteroatoms. The van der Waals surface area contributed by atoms with E-state index in [0.717, 1.165) is 22.1 Å². The largest absolute Gasteiger partial charge is 0.335 e. The standard InChI is InChI=1S/C18H16INO/c19-17-9-5-4-8-16(17)18(21)20-12-10-15(11-13-20)14-6-2-1-3-7-14/h1-10H,11-13H2. The number of amides is 1. The first-order chi connectivity index (χ1) is 10.3. The molecule has 2 aromatic carbocycles. The first kappa shape index (κ1) is 14.3. The van der Waals surface area contributed by atoms with Crippen LogP contribution >= 0.6 is 22.6 Å². The number of carbonyl (C=O) groups excluding carboxylic acids is 1. The van der Waals surface area contributed by atoms with Gasteiger partial charge in [-0.1, -0.05) is 48.5 Å². The second kappa shape index (κ2) is 6.43. The third-order valence-electron chi connectivity index (χ3n) is 3.75. The van der Waals surface area contributed by atoms with Crippen LogP contribution in [0.1, 0.15) is 22.3 Å². The van der Waals surface area contributed by atoms with Gasteiger partial charge in [0.05, 0.1) is 5.56 Å². The topological polar surface area (TPSA) is 20.3 Å². The Kier molecular flexibility index (Phi) is 4.39. The van der Waals surface area contributed by atoms with Crippen molar-refractivity contribution in [2.24, 2.45) is 0 Å². The number of hydrogen-bond acceptors (Lipinski definition) is 1. The normalized spacial score (nSPS) is 14.7. The van der Waals surface area contributed by atoms with Crippen molar-refractivity contribution in [2.45, 2.75) is 6.42 Å². The maximum absolute atomic E-state index is 12.6. The van der Waals surface area contributed by atoms with Gasteiger partial charge in [0.25, 0.3) is 5.91 Å². The lowest BCUT2D eigenvalue weighted by Gasteiger charge is -2.27. The molecule has 0 spiro atoms. The lowest BCUT2D eigenvalue weighted by atomic mass is 9.99. The fraction of sp³-hybridized carbons (Fsp3) is 0.167. The minimum atomic E-state index is 0.128. The Balaban J connectivity index is 1.75. The average molecular weight is 389 g/mol. The third kappa shape index (κ3) is 3.18. The Morgan fingerprint density at radius 1 is 1.00 bits per heavy atom. The Labute approximate surface area is 138 Å². The fourth-order valence-electron chi connectivity index (χ4n) is 2.57. The van der Waals surface area contributed by atoms with Gasteiger partial charge in [-0.15, -0.1) is 0 Å². The summed E-state index contributed by atoms with van der Waals surface area (Å²) in [7, 11) is 0. The second-order valence-electron chi connectivity index (χ2n) is 5.08. The fourth-order valence-corrected chi connectivity index (χ4v) is 3.19. The van der Waals surface area contributed by atoms with Crippen molar-refractivity contribution in [1.29, 1.82) is 0 Å². The van der Waals surface area contributed by atoms with Gasteiger partial charge < -0.3 is 4.90 Å². The van der Waals surface area contributed by atoms with Crippen molar-refractivity contribution in [2.75, 3.05) is 13.1 Å². The molecular formula is C18H16INO. The number of rotatable bonds is 2. The predicted molar refractivity (Wildman–Crippen MR) is 94.1 cm³/mol. The van der Waals surface area contributed by atoms with Crippen LogP contribution in [0.3, 0.4) is 0 Å². The smallest absolute Gasteiger partial charge is 0.255 e. The van der Waals surface area contributed by atoms with Crippen molar-refractivity contribution >= 4 is 34.1 Å². The minimum absolute atomic E-state index is 0.128. The summed E-state index contributed by atoms with van der Waals surface area (Å²) in [6.45, 7) is 1.47. The maximum atomic E-state index is 12.6. The first-order valence-corrected chi connectivity index (χ1v) is 8.12. The van der Waals surface area contributed by atoms with Crippen LogP contribution in [0.15, 0.2) is 60.7 Å². The molecule has 0 aliphatic carbocycles. The van der Waals surface area contributed by atoms with Gasteiger partial charge in [-0.25, -0.2) is 0 Å². The lowest BCUT2D eigenvalue weighted by Crippen LogP contribution is -2.35. The van der Waals surface area contributed by atoms with Crippen LogP contribution in [-0.4, -0.2) is 23.9 Å².